The Morgan fingerprint density at radius 3 is 2.36 bits per heavy atom. The summed E-state index contributed by atoms with van der Waals surface area (Å²) in [4.78, 5) is 29.3. The highest BCUT2D eigenvalue weighted by Crippen LogP contribution is 2.47. The molecule has 1 heterocycles. The van der Waals surface area contributed by atoms with Crippen LogP contribution in [0, 0.1) is 0 Å². The van der Waals surface area contributed by atoms with Gasteiger partial charge >= 0.3 is 7.05 Å². The second-order valence-electron chi connectivity index (χ2n) is 12.0. The van der Waals surface area contributed by atoms with Crippen molar-refractivity contribution in [2.45, 2.75) is 77.0 Å². The molecule has 4 N–H and O–H groups in total. The fraction of sp³-hybridized carbons (Fsp3) is 0.484. The first kappa shape index (κ1) is 34.1. The van der Waals surface area contributed by atoms with Gasteiger partial charge in [0.25, 0.3) is 0 Å². The molecule has 1 aliphatic carbocycles. The number of carbonyl (C=O) groups is 2. The normalized spacial score (nSPS) is 18.0. The number of nitrogens with zero attached hydrogens (tertiary/aromatic N) is 1. The minimum Gasteiger partial charge on any atom is -0.437 e. The molecule has 4 rings (SSSR count). The van der Waals surface area contributed by atoms with Gasteiger partial charge in [0.1, 0.15) is 6.04 Å². The van der Waals surface area contributed by atoms with E-state index in [1.54, 1.807) is 43.0 Å². The van der Waals surface area contributed by atoms with Crippen molar-refractivity contribution in [3.8, 4) is 0 Å². The molecular weight excluding hydrogens is 603 g/mol. The molecule has 2 amide bonds. The summed E-state index contributed by atoms with van der Waals surface area (Å²) >= 11 is 6.11. The molecule has 0 unspecified atom stereocenters. The summed E-state index contributed by atoms with van der Waals surface area (Å²) in [6, 6.07) is 15.1. The SMILES string of the molecule is CCN(CC1=C(c2ccc(Cl)cc2)S(=O)(=O)NC12CCCC2)C(=O)[C@@H](COCc1ccccc1)NC(=O)C(C)(C)NB(C)O. The van der Waals surface area contributed by atoms with Gasteiger partial charge in [-0.15, -0.1) is 0 Å². The number of rotatable bonds is 13. The van der Waals surface area contributed by atoms with Crippen molar-refractivity contribution in [2.24, 2.45) is 0 Å². The first-order valence-electron chi connectivity index (χ1n) is 15.0. The highest BCUT2D eigenvalue weighted by molar-refractivity contribution is 7.99. The molecule has 1 spiro atoms. The van der Waals surface area contributed by atoms with Crippen LogP contribution in [0.25, 0.3) is 4.91 Å². The van der Waals surface area contributed by atoms with Gasteiger partial charge in [-0.05, 0) is 69.3 Å². The minimum absolute atomic E-state index is 0.0555. The second-order valence-corrected chi connectivity index (χ2v) is 14.1. The zero-order chi connectivity index (χ0) is 32.1. The third-order valence-electron chi connectivity index (χ3n) is 8.19. The van der Waals surface area contributed by atoms with Gasteiger partial charge in [0.2, 0.25) is 21.8 Å². The van der Waals surface area contributed by atoms with Gasteiger partial charge < -0.3 is 25.2 Å². The van der Waals surface area contributed by atoms with Gasteiger partial charge in [0.15, 0.2) is 0 Å². The Balaban J connectivity index is 1.66. The van der Waals surface area contributed by atoms with Crippen LogP contribution in [0.4, 0.5) is 0 Å². The zero-order valence-corrected chi connectivity index (χ0v) is 27.3. The standard InChI is InChI=1S/C31H42BClN4O6S/c1-5-37(19-25-27(23-13-15-24(33)16-14-23)44(41,42)36-31(25)17-9-10-18-31)28(38)26(21-43-20-22-11-7-6-8-12-22)34-29(39)30(2,3)35-32(4)40/h6-8,11-16,26,35-36,40H,5,9-10,17-21H2,1-4H3,(H,34,39)/t26-/m1/s1. The van der Waals surface area contributed by atoms with Crippen molar-refractivity contribution in [3.63, 3.8) is 0 Å². The number of ether oxygens (including phenoxy) is 1. The number of amides is 2. The van der Waals surface area contributed by atoms with E-state index in [2.05, 4.69) is 15.3 Å². The van der Waals surface area contributed by atoms with E-state index in [4.69, 9.17) is 16.3 Å². The molecular formula is C31H42BClN4O6S. The lowest BCUT2D eigenvalue weighted by Crippen LogP contribution is -2.61. The average molecular weight is 645 g/mol. The molecule has 238 valence electrons. The molecule has 0 radical (unpaired) electrons. The maximum absolute atomic E-state index is 14.2. The molecule has 1 fully saturated rings. The van der Waals surface area contributed by atoms with E-state index in [0.717, 1.165) is 18.4 Å². The largest absolute Gasteiger partial charge is 0.437 e. The molecule has 10 nitrogen and oxygen atoms in total. The molecule has 0 saturated heterocycles. The summed E-state index contributed by atoms with van der Waals surface area (Å²) in [6.45, 7) is 7.01. The lowest BCUT2D eigenvalue weighted by Gasteiger charge is -2.34. The quantitative estimate of drug-likeness (QED) is 0.246. The van der Waals surface area contributed by atoms with Gasteiger partial charge in [-0.25, -0.2) is 13.1 Å². The Morgan fingerprint density at radius 1 is 1.14 bits per heavy atom. The summed E-state index contributed by atoms with van der Waals surface area (Å²) in [5, 5.41) is 16.0. The monoisotopic (exact) mass is 644 g/mol. The third kappa shape index (κ3) is 7.91. The van der Waals surface area contributed by atoms with E-state index in [1.165, 1.54) is 6.82 Å². The highest BCUT2D eigenvalue weighted by Gasteiger charge is 2.51. The Labute approximate surface area is 265 Å². The maximum atomic E-state index is 14.2. The molecule has 1 aliphatic heterocycles. The van der Waals surface area contributed by atoms with E-state index in [-0.39, 0.29) is 31.2 Å². The predicted octanol–water partition coefficient (Wildman–Crippen LogP) is 3.33. The lowest BCUT2D eigenvalue weighted by molar-refractivity contribution is -0.139. The second kappa shape index (κ2) is 14.1. The first-order valence-corrected chi connectivity index (χ1v) is 16.8. The van der Waals surface area contributed by atoms with E-state index >= 15 is 0 Å². The molecule has 2 aromatic rings. The average Bonchev–Trinajstić information content (AvgIpc) is 3.51. The molecule has 2 aromatic carbocycles. The van der Waals surface area contributed by atoms with Crippen molar-refractivity contribution >= 4 is 45.4 Å². The Kier molecular flexibility index (Phi) is 11.0. The number of halogens is 1. The maximum Gasteiger partial charge on any atom is 0.374 e. The fourth-order valence-electron chi connectivity index (χ4n) is 6.01. The Morgan fingerprint density at radius 2 is 1.77 bits per heavy atom. The Bertz CT molecular complexity index is 1460. The van der Waals surface area contributed by atoms with Gasteiger partial charge in [-0.2, -0.15) is 0 Å². The zero-order valence-electron chi connectivity index (χ0n) is 25.7. The number of sulfonamides is 1. The molecule has 0 bridgehead atoms. The number of carbonyl (C=O) groups excluding carboxylic acids is 2. The molecule has 13 heteroatoms. The minimum atomic E-state index is -3.87. The number of benzene rings is 2. The van der Waals surface area contributed by atoms with Crippen LogP contribution in [0.3, 0.4) is 0 Å². The number of hydrogen-bond acceptors (Lipinski definition) is 7. The predicted molar refractivity (Wildman–Crippen MR) is 173 cm³/mol. The van der Waals surface area contributed by atoms with Crippen LogP contribution < -0.4 is 15.3 Å². The van der Waals surface area contributed by atoms with E-state index in [1.807, 2.05) is 37.3 Å². The van der Waals surface area contributed by atoms with Gasteiger partial charge in [-0.3, -0.25) is 9.59 Å². The summed E-state index contributed by atoms with van der Waals surface area (Å²) in [5.74, 6) is -0.892. The van der Waals surface area contributed by atoms with Crippen LogP contribution >= 0.6 is 11.6 Å². The fourth-order valence-corrected chi connectivity index (χ4v) is 8.11. The smallest absolute Gasteiger partial charge is 0.374 e. The van der Waals surface area contributed by atoms with Crippen molar-refractivity contribution < 1.29 is 27.8 Å². The van der Waals surface area contributed by atoms with Gasteiger partial charge in [0, 0.05) is 18.1 Å². The summed E-state index contributed by atoms with van der Waals surface area (Å²) < 4.78 is 36.1. The van der Waals surface area contributed by atoms with Crippen LogP contribution in [-0.4, -0.2) is 74.0 Å². The lowest BCUT2D eigenvalue weighted by atomic mass is 9.83. The molecule has 1 atom stereocenters. The van der Waals surface area contributed by atoms with Crippen LogP contribution in [0.2, 0.25) is 11.8 Å². The van der Waals surface area contributed by atoms with Crippen molar-refractivity contribution in [2.75, 3.05) is 19.7 Å². The van der Waals surface area contributed by atoms with Crippen LogP contribution in [0.5, 0.6) is 0 Å². The molecule has 2 aliphatic rings. The van der Waals surface area contributed by atoms with Crippen LogP contribution in [-0.2, 0) is 31.0 Å². The topological polar surface area (TPSA) is 137 Å². The van der Waals surface area contributed by atoms with Crippen LogP contribution in [0.1, 0.15) is 57.6 Å². The number of likely N-dealkylation sites (N-methyl/N-ethyl adjacent to an activating group) is 1. The molecule has 1 saturated carbocycles. The van der Waals surface area contributed by atoms with E-state index < -0.39 is 46.0 Å². The van der Waals surface area contributed by atoms with Crippen molar-refractivity contribution in [1.29, 1.82) is 0 Å². The summed E-state index contributed by atoms with van der Waals surface area (Å²) in [5.41, 5.74) is 0.0830. The molecule has 44 heavy (non-hydrogen) atoms. The molecule has 0 aromatic heterocycles. The summed E-state index contributed by atoms with van der Waals surface area (Å²) in [7, 11) is -4.82. The highest BCUT2D eigenvalue weighted by atomic mass is 35.5. The van der Waals surface area contributed by atoms with Crippen molar-refractivity contribution in [3.05, 3.63) is 76.3 Å². The van der Waals surface area contributed by atoms with E-state index in [0.29, 0.717) is 29.0 Å². The third-order valence-corrected chi connectivity index (χ3v) is 10.1. The number of nitrogens with one attached hydrogen (secondary N) is 3. The number of hydrogen-bond donors (Lipinski definition) is 4. The van der Waals surface area contributed by atoms with Crippen LogP contribution in [0.15, 0.2) is 60.2 Å². The van der Waals surface area contributed by atoms with Gasteiger partial charge in [0.05, 0.1) is 29.2 Å². The Hall–Kier alpha value is -2.74. The van der Waals surface area contributed by atoms with Gasteiger partial charge in [-0.1, -0.05) is 66.9 Å². The van der Waals surface area contributed by atoms with E-state index in [9.17, 15) is 23.0 Å². The first-order chi connectivity index (χ1) is 20.8. The summed E-state index contributed by atoms with van der Waals surface area (Å²) in [6.07, 6.45) is 2.97. The van der Waals surface area contributed by atoms with Crippen molar-refractivity contribution in [1.82, 2.24) is 20.2 Å².